The fourth-order valence-electron chi connectivity index (χ4n) is 3.89. The zero-order valence-electron chi connectivity index (χ0n) is 17.6. The van der Waals surface area contributed by atoms with Crippen LogP contribution in [0.1, 0.15) is 34.8 Å². The van der Waals surface area contributed by atoms with Crippen LogP contribution in [0.4, 0.5) is 11.4 Å². The molecular weight excluding hydrogens is 404 g/mol. The summed E-state index contributed by atoms with van der Waals surface area (Å²) in [5.41, 5.74) is 5.37. The van der Waals surface area contributed by atoms with Crippen LogP contribution in [0.2, 0.25) is 0 Å². The molecule has 2 aromatic carbocycles. The Bertz CT molecular complexity index is 1220. The molecule has 1 amide bonds. The van der Waals surface area contributed by atoms with Crippen molar-refractivity contribution in [1.82, 2.24) is 4.98 Å². The van der Waals surface area contributed by atoms with Crippen molar-refractivity contribution in [2.75, 3.05) is 17.1 Å². The van der Waals surface area contributed by atoms with Crippen LogP contribution in [0.15, 0.2) is 72.1 Å². The molecule has 2 heterocycles. The number of benzene rings is 2. The lowest BCUT2D eigenvalue weighted by Crippen LogP contribution is -2.19. The number of nitrogens with one attached hydrogen (secondary N) is 1. The minimum atomic E-state index is -0.173. The summed E-state index contributed by atoms with van der Waals surface area (Å²) in [6, 6.07) is 15.2. The van der Waals surface area contributed by atoms with E-state index in [1.165, 1.54) is 5.56 Å². The number of pyridine rings is 1. The van der Waals surface area contributed by atoms with Crippen molar-refractivity contribution < 1.29 is 14.3 Å². The molecule has 5 rings (SSSR count). The third-order valence-electron chi connectivity index (χ3n) is 5.40. The predicted molar refractivity (Wildman–Crippen MR) is 124 cm³/mol. The van der Waals surface area contributed by atoms with Gasteiger partial charge in [-0.1, -0.05) is 12.1 Å². The minimum Gasteiger partial charge on any atom is -0.454 e. The van der Waals surface area contributed by atoms with Gasteiger partial charge in [-0.3, -0.25) is 9.78 Å². The van der Waals surface area contributed by atoms with Gasteiger partial charge < -0.3 is 14.8 Å². The Morgan fingerprint density at radius 3 is 2.78 bits per heavy atom. The van der Waals surface area contributed by atoms with E-state index >= 15 is 0 Å². The Hall–Kier alpha value is -4.13. The molecule has 7 nitrogen and oxygen atoms in total. The Morgan fingerprint density at radius 2 is 1.94 bits per heavy atom. The van der Waals surface area contributed by atoms with E-state index in [0.717, 1.165) is 41.2 Å². The van der Waals surface area contributed by atoms with Gasteiger partial charge in [0.2, 0.25) is 6.79 Å². The molecule has 0 spiro atoms. The number of nitrogens with zero attached hydrogens (tertiary/aromatic N) is 3. The first-order valence-electron chi connectivity index (χ1n) is 10.5. The van der Waals surface area contributed by atoms with Crippen LogP contribution >= 0.6 is 0 Å². The lowest BCUT2D eigenvalue weighted by molar-refractivity contribution is 0.102. The fourth-order valence-corrected chi connectivity index (χ4v) is 3.89. The largest absolute Gasteiger partial charge is 0.454 e. The van der Waals surface area contributed by atoms with Crippen molar-refractivity contribution in [2.24, 2.45) is 5.10 Å². The molecule has 0 bridgehead atoms. The quantitative estimate of drug-likeness (QED) is 0.466. The number of amides is 1. The van der Waals surface area contributed by atoms with E-state index in [1.54, 1.807) is 30.7 Å². The molecule has 0 unspecified atom stereocenters. The van der Waals surface area contributed by atoms with E-state index in [-0.39, 0.29) is 12.7 Å². The maximum atomic E-state index is 12.6. The Kier molecular flexibility index (Phi) is 5.29. The maximum absolute atomic E-state index is 12.6. The molecule has 1 aromatic heterocycles. The second-order valence-corrected chi connectivity index (χ2v) is 7.41. The van der Waals surface area contributed by atoms with Crippen LogP contribution in [0, 0.1) is 0 Å². The van der Waals surface area contributed by atoms with E-state index in [2.05, 4.69) is 27.5 Å². The van der Waals surface area contributed by atoms with Crippen molar-refractivity contribution in [1.29, 1.82) is 0 Å². The summed E-state index contributed by atoms with van der Waals surface area (Å²) in [4.78, 5) is 16.6. The molecule has 0 radical (unpaired) electrons. The summed E-state index contributed by atoms with van der Waals surface area (Å²) in [6.07, 6.45) is 8.99. The van der Waals surface area contributed by atoms with E-state index in [0.29, 0.717) is 11.3 Å². The topological polar surface area (TPSA) is 76.1 Å². The first-order chi connectivity index (χ1) is 15.7. The molecule has 1 aliphatic carbocycles. The third-order valence-corrected chi connectivity index (χ3v) is 5.40. The lowest BCUT2D eigenvalue weighted by Gasteiger charge is -2.27. The number of aryl methyl sites for hydroxylation is 1. The number of hydrogen-bond acceptors (Lipinski definition) is 6. The van der Waals surface area contributed by atoms with Crippen molar-refractivity contribution in [3.63, 3.8) is 0 Å². The molecule has 0 atom stereocenters. The molecule has 3 aromatic rings. The van der Waals surface area contributed by atoms with Crippen molar-refractivity contribution in [3.8, 4) is 11.5 Å². The number of hydrogen-bond donors (Lipinski definition) is 1. The molecule has 0 fully saturated rings. The molecule has 2 aliphatic rings. The van der Waals surface area contributed by atoms with E-state index in [1.807, 2.05) is 42.3 Å². The van der Waals surface area contributed by atoms with Crippen LogP contribution in [-0.2, 0) is 6.42 Å². The van der Waals surface area contributed by atoms with E-state index in [4.69, 9.17) is 9.47 Å². The average Bonchev–Trinajstić information content (AvgIpc) is 3.31. The monoisotopic (exact) mass is 426 g/mol. The summed E-state index contributed by atoms with van der Waals surface area (Å²) in [6.45, 7) is 2.11. The smallest absolute Gasteiger partial charge is 0.255 e. The standard InChI is InChI=1S/C25H22N4O3/c1-2-27-29(20-8-9-23-24(15-20)32-16-31-23)22-5-3-4-17-6-7-19(14-21(17)22)28-25(30)18-10-12-26-13-11-18/h2,5-15H,3-4,16H2,1H3,(H,28,30)/b27-2+. The van der Waals surface area contributed by atoms with E-state index < -0.39 is 0 Å². The third kappa shape index (κ3) is 3.80. The number of hydrazone groups is 1. The lowest BCUT2D eigenvalue weighted by atomic mass is 9.93. The summed E-state index contributed by atoms with van der Waals surface area (Å²) in [5, 5.41) is 9.51. The summed E-state index contributed by atoms with van der Waals surface area (Å²) in [7, 11) is 0. The number of ether oxygens (including phenoxy) is 2. The second-order valence-electron chi connectivity index (χ2n) is 7.41. The number of carbonyl (C=O) groups excluding carboxylic acids is 1. The van der Waals surface area contributed by atoms with Crippen molar-refractivity contribution in [2.45, 2.75) is 19.8 Å². The Labute approximate surface area is 186 Å². The zero-order chi connectivity index (χ0) is 21.9. The van der Waals surface area contributed by atoms with Crippen LogP contribution in [-0.4, -0.2) is 23.9 Å². The number of rotatable bonds is 5. The predicted octanol–water partition coefficient (Wildman–Crippen LogP) is 4.86. The zero-order valence-corrected chi connectivity index (χ0v) is 17.6. The van der Waals surface area contributed by atoms with Crippen LogP contribution in [0.25, 0.3) is 5.70 Å². The van der Waals surface area contributed by atoms with Gasteiger partial charge in [-0.2, -0.15) is 5.10 Å². The van der Waals surface area contributed by atoms with Crippen molar-refractivity contribution >= 4 is 29.2 Å². The average molecular weight is 426 g/mol. The van der Waals surface area contributed by atoms with Gasteiger partial charge in [0.15, 0.2) is 11.5 Å². The number of anilines is 2. The van der Waals surface area contributed by atoms with Gasteiger partial charge in [0, 0.05) is 41.5 Å². The highest BCUT2D eigenvalue weighted by molar-refractivity contribution is 6.04. The number of fused-ring (bicyclic) bond motifs is 2. The van der Waals surface area contributed by atoms with Crippen LogP contribution in [0.5, 0.6) is 11.5 Å². The van der Waals surface area contributed by atoms with Gasteiger partial charge >= 0.3 is 0 Å². The SMILES string of the molecule is C/C=N/N(C1=CCCc2ccc(NC(=O)c3ccncc3)cc21)c1ccc2c(c1)OCO2. The van der Waals surface area contributed by atoms with E-state index in [9.17, 15) is 4.79 Å². The highest BCUT2D eigenvalue weighted by Gasteiger charge is 2.22. The Balaban J connectivity index is 1.48. The number of allylic oxidation sites excluding steroid dienone is 1. The van der Waals surface area contributed by atoms with Gasteiger partial charge in [0.05, 0.1) is 11.4 Å². The molecule has 0 saturated carbocycles. The highest BCUT2D eigenvalue weighted by atomic mass is 16.7. The number of carbonyl (C=O) groups is 1. The Morgan fingerprint density at radius 1 is 1.09 bits per heavy atom. The van der Waals surface area contributed by atoms with Crippen LogP contribution in [0.3, 0.4) is 0 Å². The van der Waals surface area contributed by atoms with Gasteiger partial charge in [0.1, 0.15) is 0 Å². The van der Waals surface area contributed by atoms with Gasteiger partial charge in [0.25, 0.3) is 5.91 Å². The molecule has 0 saturated heterocycles. The second kappa shape index (κ2) is 8.55. The maximum Gasteiger partial charge on any atom is 0.255 e. The highest BCUT2D eigenvalue weighted by Crippen LogP contribution is 2.39. The number of aromatic nitrogens is 1. The molecule has 1 aliphatic heterocycles. The van der Waals surface area contributed by atoms with Gasteiger partial charge in [-0.25, -0.2) is 5.01 Å². The first kappa shape index (κ1) is 19.8. The summed E-state index contributed by atoms with van der Waals surface area (Å²) < 4.78 is 11.0. The molecular formula is C25H22N4O3. The fraction of sp³-hybridized carbons (Fsp3) is 0.160. The van der Waals surface area contributed by atoms with Crippen molar-refractivity contribution in [3.05, 3.63) is 83.7 Å². The summed E-state index contributed by atoms with van der Waals surface area (Å²) in [5.74, 6) is 1.26. The molecule has 7 heteroatoms. The minimum absolute atomic E-state index is 0.173. The first-order valence-corrected chi connectivity index (χ1v) is 10.5. The molecule has 160 valence electrons. The van der Waals surface area contributed by atoms with Gasteiger partial charge in [-0.05, 0) is 61.7 Å². The molecule has 32 heavy (non-hydrogen) atoms. The van der Waals surface area contributed by atoms with Gasteiger partial charge in [-0.15, -0.1) is 0 Å². The molecule has 1 N–H and O–H groups in total. The van der Waals surface area contributed by atoms with Crippen LogP contribution < -0.4 is 19.8 Å². The summed E-state index contributed by atoms with van der Waals surface area (Å²) >= 11 is 0. The normalized spacial score (nSPS) is 14.1.